The third-order valence-electron chi connectivity index (χ3n) is 4.99. The third kappa shape index (κ3) is 5.63. The van der Waals surface area contributed by atoms with Crippen LogP contribution in [0.1, 0.15) is 35.2 Å². The lowest BCUT2D eigenvalue weighted by Gasteiger charge is -2.34. The molecule has 3 rings (SSSR count). The van der Waals surface area contributed by atoms with Gasteiger partial charge < -0.3 is 15.5 Å². The fraction of sp³-hybridized carbons (Fsp3) is 0.579. The minimum absolute atomic E-state index is 0. The molecular formula is C19H28ClN3O2S. The Balaban J connectivity index is 0.00000243. The highest BCUT2D eigenvalue weighted by molar-refractivity contribution is 7.99. The van der Waals surface area contributed by atoms with E-state index < -0.39 is 0 Å². The van der Waals surface area contributed by atoms with E-state index in [2.05, 4.69) is 10.6 Å². The van der Waals surface area contributed by atoms with Gasteiger partial charge in [-0.3, -0.25) is 9.59 Å². The fourth-order valence-electron chi connectivity index (χ4n) is 3.45. The van der Waals surface area contributed by atoms with Crippen molar-refractivity contribution in [2.75, 3.05) is 31.1 Å². The Kier molecular flexibility index (Phi) is 8.25. The number of benzene rings is 1. The molecule has 2 aliphatic heterocycles. The number of thioether (sulfide) groups is 1. The van der Waals surface area contributed by atoms with Crippen LogP contribution in [0.3, 0.4) is 0 Å². The summed E-state index contributed by atoms with van der Waals surface area (Å²) in [6, 6.07) is 8.10. The van der Waals surface area contributed by atoms with Gasteiger partial charge in [-0.05, 0) is 31.4 Å². The van der Waals surface area contributed by atoms with Gasteiger partial charge in [-0.15, -0.1) is 12.4 Å². The number of piperidine rings is 1. The summed E-state index contributed by atoms with van der Waals surface area (Å²) in [5, 5.41) is 6.55. The zero-order valence-electron chi connectivity index (χ0n) is 15.2. The van der Waals surface area contributed by atoms with Crippen molar-refractivity contribution in [1.29, 1.82) is 0 Å². The van der Waals surface area contributed by atoms with Gasteiger partial charge in [0, 0.05) is 55.2 Å². The van der Waals surface area contributed by atoms with Gasteiger partial charge in [0.2, 0.25) is 5.91 Å². The van der Waals surface area contributed by atoms with E-state index in [0.717, 1.165) is 55.1 Å². The predicted octanol–water partition coefficient (Wildman–Crippen LogP) is 2.23. The maximum Gasteiger partial charge on any atom is 0.251 e. The zero-order chi connectivity index (χ0) is 17.6. The maximum atomic E-state index is 12.5. The lowest BCUT2D eigenvalue weighted by Crippen LogP contribution is -2.48. The average molecular weight is 398 g/mol. The Bertz CT molecular complexity index is 615. The molecule has 2 saturated heterocycles. The fourth-order valence-corrected chi connectivity index (χ4v) is 4.40. The van der Waals surface area contributed by atoms with Gasteiger partial charge in [-0.1, -0.05) is 18.2 Å². The molecule has 2 fully saturated rings. The number of amides is 2. The number of hydrogen-bond donors (Lipinski definition) is 2. The zero-order valence-corrected chi connectivity index (χ0v) is 16.8. The van der Waals surface area contributed by atoms with Crippen molar-refractivity contribution in [3.63, 3.8) is 0 Å². The first-order valence-corrected chi connectivity index (χ1v) is 10.2. The Morgan fingerprint density at radius 3 is 2.65 bits per heavy atom. The Labute approximate surface area is 166 Å². The van der Waals surface area contributed by atoms with Gasteiger partial charge in [-0.25, -0.2) is 0 Å². The Morgan fingerprint density at radius 2 is 2.00 bits per heavy atom. The maximum absolute atomic E-state index is 12.5. The molecule has 0 spiro atoms. The van der Waals surface area contributed by atoms with E-state index in [9.17, 15) is 9.59 Å². The van der Waals surface area contributed by atoms with Crippen molar-refractivity contribution >= 4 is 36.0 Å². The summed E-state index contributed by atoms with van der Waals surface area (Å²) in [6.07, 6.45) is 2.25. The summed E-state index contributed by atoms with van der Waals surface area (Å²) in [5.74, 6) is 2.39. The SMILES string of the molecule is Cc1ccccc1C(=O)NC1CCN(C(=O)CC2CSCCN2)CC1.Cl. The van der Waals surface area contributed by atoms with Crippen LogP contribution in [-0.2, 0) is 4.79 Å². The van der Waals surface area contributed by atoms with Gasteiger partial charge in [0.15, 0.2) is 0 Å². The highest BCUT2D eigenvalue weighted by Gasteiger charge is 2.26. The van der Waals surface area contributed by atoms with Crippen LogP contribution in [0.25, 0.3) is 0 Å². The molecular weight excluding hydrogens is 370 g/mol. The van der Waals surface area contributed by atoms with Crippen molar-refractivity contribution in [3.05, 3.63) is 35.4 Å². The van der Waals surface area contributed by atoms with E-state index in [-0.39, 0.29) is 30.3 Å². The quantitative estimate of drug-likeness (QED) is 0.817. The summed E-state index contributed by atoms with van der Waals surface area (Å²) in [6.45, 7) is 4.41. The van der Waals surface area contributed by atoms with Crippen molar-refractivity contribution in [2.24, 2.45) is 0 Å². The van der Waals surface area contributed by atoms with E-state index in [1.54, 1.807) is 0 Å². The van der Waals surface area contributed by atoms with Crippen molar-refractivity contribution < 1.29 is 9.59 Å². The molecule has 0 radical (unpaired) electrons. The summed E-state index contributed by atoms with van der Waals surface area (Å²) in [7, 11) is 0. The topological polar surface area (TPSA) is 61.4 Å². The standard InChI is InChI=1S/C19H27N3O2S.ClH/c1-14-4-2-3-5-17(14)19(24)21-15-6-9-22(10-7-15)18(23)12-16-13-25-11-8-20-16;/h2-5,15-16,20H,6-13H2,1H3,(H,21,24);1H. The second kappa shape index (κ2) is 10.2. The highest BCUT2D eigenvalue weighted by Crippen LogP contribution is 2.16. The van der Waals surface area contributed by atoms with Crippen LogP contribution in [0.4, 0.5) is 0 Å². The molecule has 0 saturated carbocycles. The number of rotatable bonds is 4. The van der Waals surface area contributed by atoms with E-state index in [0.29, 0.717) is 12.5 Å². The molecule has 2 amide bonds. The van der Waals surface area contributed by atoms with Crippen LogP contribution in [0, 0.1) is 6.92 Å². The Hall–Kier alpha value is -1.24. The molecule has 0 aliphatic carbocycles. The predicted molar refractivity (Wildman–Crippen MR) is 109 cm³/mol. The van der Waals surface area contributed by atoms with Crippen LogP contribution in [0.5, 0.6) is 0 Å². The van der Waals surface area contributed by atoms with Crippen LogP contribution in [0.15, 0.2) is 24.3 Å². The second-order valence-electron chi connectivity index (χ2n) is 6.87. The number of likely N-dealkylation sites (tertiary alicyclic amines) is 1. The van der Waals surface area contributed by atoms with Crippen LogP contribution in [-0.4, -0.2) is 59.9 Å². The first-order chi connectivity index (χ1) is 12.1. The molecule has 26 heavy (non-hydrogen) atoms. The van der Waals surface area contributed by atoms with Gasteiger partial charge in [0.25, 0.3) is 5.91 Å². The number of aryl methyl sites for hydroxylation is 1. The monoisotopic (exact) mass is 397 g/mol. The summed E-state index contributed by atoms with van der Waals surface area (Å²) >= 11 is 1.92. The van der Waals surface area contributed by atoms with Crippen molar-refractivity contribution in [3.8, 4) is 0 Å². The molecule has 1 aromatic carbocycles. The van der Waals surface area contributed by atoms with Crippen LogP contribution in [0.2, 0.25) is 0 Å². The number of halogens is 1. The molecule has 1 unspecified atom stereocenters. The van der Waals surface area contributed by atoms with E-state index in [1.807, 2.05) is 47.9 Å². The molecule has 1 atom stereocenters. The lowest BCUT2D eigenvalue weighted by atomic mass is 10.0. The molecule has 2 N–H and O–H groups in total. The van der Waals surface area contributed by atoms with Crippen LogP contribution >= 0.6 is 24.2 Å². The van der Waals surface area contributed by atoms with E-state index in [1.165, 1.54) is 0 Å². The smallest absolute Gasteiger partial charge is 0.251 e. The third-order valence-corrected chi connectivity index (χ3v) is 6.12. The Morgan fingerprint density at radius 1 is 1.27 bits per heavy atom. The second-order valence-corrected chi connectivity index (χ2v) is 8.02. The van der Waals surface area contributed by atoms with Crippen molar-refractivity contribution in [1.82, 2.24) is 15.5 Å². The van der Waals surface area contributed by atoms with Crippen LogP contribution < -0.4 is 10.6 Å². The first kappa shape index (κ1) is 21.1. The van der Waals surface area contributed by atoms with Gasteiger partial charge in [0.1, 0.15) is 0 Å². The molecule has 2 heterocycles. The van der Waals surface area contributed by atoms with E-state index in [4.69, 9.17) is 0 Å². The molecule has 1 aromatic rings. The average Bonchev–Trinajstić information content (AvgIpc) is 2.63. The summed E-state index contributed by atoms with van der Waals surface area (Å²) in [4.78, 5) is 26.8. The summed E-state index contributed by atoms with van der Waals surface area (Å²) < 4.78 is 0. The molecule has 0 bridgehead atoms. The number of carbonyl (C=O) groups excluding carboxylic acids is 2. The number of carbonyl (C=O) groups is 2. The summed E-state index contributed by atoms with van der Waals surface area (Å²) in [5.41, 5.74) is 1.73. The molecule has 5 nitrogen and oxygen atoms in total. The molecule has 2 aliphatic rings. The minimum atomic E-state index is -0.00805. The van der Waals surface area contributed by atoms with Gasteiger partial charge in [0.05, 0.1) is 0 Å². The van der Waals surface area contributed by atoms with Gasteiger partial charge >= 0.3 is 0 Å². The minimum Gasteiger partial charge on any atom is -0.349 e. The van der Waals surface area contributed by atoms with Gasteiger partial charge in [-0.2, -0.15) is 11.8 Å². The normalized spacial score (nSPS) is 21.0. The largest absolute Gasteiger partial charge is 0.349 e. The number of nitrogens with zero attached hydrogens (tertiary/aromatic N) is 1. The molecule has 0 aromatic heterocycles. The highest BCUT2D eigenvalue weighted by atomic mass is 35.5. The number of nitrogens with one attached hydrogen (secondary N) is 2. The molecule has 7 heteroatoms. The van der Waals surface area contributed by atoms with E-state index >= 15 is 0 Å². The molecule has 144 valence electrons. The lowest BCUT2D eigenvalue weighted by molar-refractivity contribution is -0.132. The first-order valence-electron chi connectivity index (χ1n) is 9.09. The van der Waals surface area contributed by atoms with Crippen molar-refractivity contribution in [2.45, 2.75) is 38.3 Å². The number of hydrogen-bond acceptors (Lipinski definition) is 4.